The average Bonchev–Trinajstić information content (AvgIpc) is 3.02. The van der Waals surface area contributed by atoms with E-state index in [4.69, 9.17) is 16.3 Å². The van der Waals surface area contributed by atoms with Crippen molar-refractivity contribution in [3.63, 3.8) is 0 Å². The van der Waals surface area contributed by atoms with Gasteiger partial charge in [-0.05, 0) is 72.3 Å². The van der Waals surface area contributed by atoms with Crippen molar-refractivity contribution >= 4 is 46.6 Å². The molecule has 1 aliphatic heterocycles. The third kappa shape index (κ3) is 5.10. The molecule has 0 radical (unpaired) electrons. The summed E-state index contributed by atoms with van der Waals surface area (Å²) in [6.07, 6.45) is 1.62. The minimum atomic E-state index is -0.469. The molecule has 2 amide bonds. The normalized spacial score (nSPS) is 14.8. The number of benzene rings is 3. The number of halogens is 1. The number of nitrogens with zero attached hydrogens (tertiary/aromatic N) is 1. The van der Waals surface area contributed by atoms with Gasteiger partial charge in [-0.15, -0.1) is 0 Å². The molecule has 0 N–H and O–H groups in total. The summed E-state index contributed by atoms with van der Waals surface area (Å²) in [6.45, 7) is 2.09. The number of esters is 1. The number of carbonyl (C=O) groups excluding carboxylic acids is 3. The Morgan fingerprint density at radius 3 is 2.53 bits per heavy atom. The van der Waals surface area contributed by atoms with Crippen LogP contribution in [0.15, 0.2) is 77.7 Å². The molecule has 32 heavy (non-hydrogen) atoms. The van der Waals surface area contributed by atoms with Crippen LogP contribution in [-0.2, 0) is 11.3 Å². The summed E-state index contributed by atoms with van der Waals surface area (Å²) in [6, 6.07) is 20.9. The molecule has 1 saturated heterocycles. The van der Waals surface area contributed by atoms with Crippen molar-refractivity contribution in [2.24, 2.45) is 0 Å². The van der Waals surface area contributed by atoms with E-state index in [1.165, 1.54) is 4.90 Å². The van der Waals surface area contributed by atoms with E-state index in [9.17, 15) is 14.4 Å². The Hall–Kier alpha value is -3.35. The number of ether oxygens (including phenoxy) is 1. The Morgan fingerprint density at radius 2 is 1.78 bits per heavy atom. The summed E-state index contributed by atoms with van der Waals surface area (Å²) in [5.74, 6) is -0.492. The molecule has 0 aromatic heterocycles. The second-order valence-corrected chi connectivity index (χ2v) is 8.66. The standard InChI is InChI=1S/C25H18ClNO4S/c1-16-8-10-19(11-9-16)24(29)31-21-7-3-4-17(13-21)14-22-23(28)27(25(30)32-22)15-18-5-2-6-20(26)12-18/h2-14H,15H2,1H3/b22-14-. The van der Waals surface area contributed by atoms with Crippen LogP contribution in [0.4, 0.5) is 4.79 Å². The molecule has 3 aromatic rings. The predicted molar refractivity (Wildman–Crippen MR) is 126 cm³/mol. The second kappa shape index (κ2) is 9.42. The van der Waals surface area contributed by atoms with Crippen LogP contribution in [0, 0.1) is 6.92 Å². The van der Waals surface area contributed by atoms with Crippen molar-refractivity contribution in [2.75, 3.05) is 0 Å². The highest BCUT2D eigenvalue weighted by Gasteiger charge is 2.35. The maximum absolute atomic E-state index is 12.8. The van der Waals surface area contributed by atoms with E-state index in [1.807, 2.05) is 25.1 Å². The Kier molecular flexibility index (Phi) is 6.44. The first-order valence-electron chi connectivity index (χ1n) is 9.78. The van der Waals surface area contributed by atoms with Gasteiger partial charge in [0.05, 0.1) is 17.0 Å². The molecule has 0 aliphatic carbocycles. The van der Waals surface area contributed by atoms with Crippen molar-refractivity contribution in [1.29, 1.82) is 0 Å². The van der Waals surface area contributed by atoms with Gasteiger partial charge < -0.3 is 4.74 Å². The van der Waals surface area contributed by atoms with Crippen LogP contribution in [0.1, 0.15) is 27.0 Å². The zero-order valence-electron chi connectivity index (χ0n) is 17.1. The Bertz CT molecular complexity index is 1240. The molecular formula is C25H18ClNO4S. The van der Waals surface area contributed by atoms with Crippen LogP contribution in [0.2, 0.25) is 5.02 Å². The van der Waals surface area contributed by atoms with Gasteiger partial charge in [-0.25, -0.2) is 4.79 Å². The van der Waals surface area contributed by atoms with Crippen molar-refractivity contribution in [3.8, 4) is 5.75 Å². The zero-order chi connectivity index (χ0) is 22.7. The SMILES string of the molecule is Cc1ccc(C(=O)Oc2cccc(/C=C3\SC(=O)N(Cc4cccc(Cl)c4)C3=O)c2)cc1. The number of amides is 2. The van der Waals surface area contributed by atoms with Gasteiger partial charge in [0.1, 0.15) is 5.75 Å². The van der Waals surface area contributed by atoms with Gasteiger partial charge in [0, 0.05) is 5.02 Å². The maximum Gasteiger partial charge on any atom is 0.343 e. The lowest BCUT2D eigenvalue weighted by Crippen LogP contribution is -2.27. The number of rotatable bonds is 5. The molecule has 1 heterocycles. The molecule has 1 fully saturated rings. The average molecular weight is 464 g/mol. The number of hydrogen-bond acceptors (Lipinski definition) is 5. The summed E-state index contributed by atoms with van der Waals surface area (Å²) in [7, 11) is 0. The van der Waals surface area contributed by atoms with Crippen LogP contribution >= 0.6 is 23.4 Å². The van der Waals surface area contributed by atoms with E-state index in [-0.39, 0.29) is 17.7 Å². The van der Waals surface area contributed by atoms with Crippen molar-refractivity contribution in [2.45, 2.75) is 13.5 Å². The lowest BCUT2D eigenvalue weighted by atomic mass is 10.1. The van der Waals surface area contributed by atoms with E-state index in [2.05, 4.69) is 0 Å². The van der Waals surface area contributed by atoms with Gasteiger partial charge in [-0.1, -0.05) is 53.6 Å². The molecule has 4 rings (SSSR count). The number of imide groups is 1. The van der Waals surface area contributed by atoms with Crippen LogP contribution in [-0.4, -0.2) is 22.0 Å². The summed E-state index contributed by atoms with van der Waals surface area (Å²) in [4.78, 5) is 39.0. The van der Waals surface area contributed by atoms with Gasteiger partial charge in [-0.2, -0.15) is 0 Å². The summed E-state index contributed by atoms with van der Waals surface area (Å²) in [5.41, 5.74) is 2.91. The fourth-order valence-corrected chi connectivity index (χ4v) is 4.18. The Balaban J connectivity index is 1.49. The van der Waals surface area contributed by atoms with E-state index < -0.39 is 5.97 Å². The number of aryl methyl sites for hydroxylation is 1. The fraction of sp³-hybridized carbons (Fsp3) is 0.0800. The first-order chi connectivity index (χ1) is 15.4. The molecule has 3 aromatic carbocycles. The van der Waals surface area contributed by atoms with Gasteiger partial charge in [0.15, 0.2) is 0 Å². The first-order valence-corrected chi connectivity index (χ1v) is 11.0. The zero-order valence-corrected chi connectivity index (χ0v) is 18.7. The van der Waals surface area contributed by atoms with Crippen LogP contribution in [0.3, 0.4) is 0 Å². The highest BCUT2D eigenvalue weighted by molar-refractivity contribution is 8.18. The molecule has 0 bridgehead atoms. The molecule has 0 unspecified atom stereocenters. The molecule has 0 saturated carbocycles. The Labute approximate surface area is 194 Å². The van der Waals surface area contributed by atoms with Gasteiger partial charge in [0.2, 0.25) is 0 Å². The van der Waals surface area contributed by atoms with Crippen LogP contribution in [0.25, 0.3) is 6.08 Å². The molecule has 160 valence electrons. The smallest absolute Gasteiger partial charge is 0.343 e. The molecule has 7 heteroatoms. The third-order valence-electron chi connectivity index (χ3n) is 4.76. The monoisotopic (exact) mass is 463 g/mol. The summed E-state index contributed by atoms with van der Waals surface area (Å²) in [5, 5.41) is 0.199. The van der Waals surface area contributed by atoms with E-state index in [1.54, 1.807) is 60.7 Å². The minimum Gasteiger partial charge on any atom is -0.423 e. The number of thioether (sulfide) groups is 1. The molecule has 0 spiro atoms. The van der Waals surface area contributed by atoms with Crippen molar-refractivity contribution in [1.82, 2.24) is 4.90 Å². The fourth-order valence-electron chi connectivity index (χ4n) is 3.13. The molecule has 5 nitrogen and oxygen atoms in total. The van der Waals surface area contributed by atoms with Crippen LogP contribution < -0.4 is 4.74 Å². The quantitative estimate of drug-likeness (QED) is 0.260. The maximum atomic E-state index is 12.8. The number of carbonyl (C=O) groups is 3. The molecule has 1 aliphatic rings. The first kappa shape index (κ1) is 21.9. The lowest BCUT2D eigenvalue weighted by Gasteiger charge is -2.12. The summed E-state index contributed by atoms with van der Waals surface area (Å²) >= 11 is 6.87. The molecular weight excluding hydrogens is 446 g/mol. The van der Waals surface area contributed by atoms with Crippen LogP contribution in [0.5, 0.6) is 5.75 Å². The topological polar surface area (TPSA) is 63.7 Å². The Morgan fingerprint density at radius 1 is 1.03 bits per heavy atom. The van der Waals surface area contributed by atoms with Gasteiger partial charge in [-0.3, -0.25) is 14.5 Å². The number of hydrogen-bond donors (Lipinski definition) is 0. The van der Waals surface area contributed by atoms with E-state index in [0.29, 0.717) is 26.8 Å². The van der Waals surface area contributed by atoms with E-state index >= 15 is 0 Å². The van der Waals surface area contributed by atoms with Gasteiger partial charge >= 0.3 is 5.97 Å². The largest absolute Gasteiger partial charge is 0.423 e. The third-order valence-corrected chi connectivity index (χ3v) is 5.90. The lowest BCUT2D eigenvalue weighted by molar-refractivity contribution is -0.123. The van der Waals surface area contributed by atoms with E-state index in [0.717, 1.165) is 22.9 Å². The molecule has 0 atom stereocenters. The second-order valence-electron chi connectivity index (χ2n) is 7.23. The summed E-state index contributed by atoms with van der Waals surface area (Å²) < 4.78 is 5.45. The highest BCUT2D eigenvalue weighted by atomic mass is 35.5. The minimum absolute atomic E-state index is 0.150. The predicted octanol–water partition coefficient (Wildman–Crippen LogP) is 6.10. The highest BCUT2D eigenvalue weighted by Crippen LogP contribution is 2.34. The van der Waals surface area contributed by atoms with Crippen molar-refractivity contribution in [3.05, 3.63) is 105 Å². The van der Waals surface area contributed by atoms with Crippen molar-refractivity contribution < 1.29 is 19.1 Å². The van der Waals surface area contributed by atoms with Gasteiger partial charge in [0.25, 0.3) is 11.1 Å².